The van der Waals surface area contributed by atoms with Crippen LogP contribution in [0, 0.1) is 0 Å². The van der Waals surface area contributed by atoms with E-state index in [4.69, 9.17) is 16.7 Å². The van der Waals surface area contributed by atoms with Crippen molar-refractivity contribution < 1.29 is 19.5 Å². The zero-order valence-corrected chi connectivity index (χ0v) is 14.4. The molecule has 1 fully saturated rings. The van der Waals surface area contributed by atoms with E-state index in [0.717, 1.165) is 5.56 Å². The average Bonchev–Trinajstić information content (AvgIpc) is 3.06. The number of anilines is 1. The number of urea groups is 1. The van der Waals surface area contributed by atoms with Crippen molar-refractivity contribution in [3.05, 3.63) is 64.2 Å². The fourth-order valence-corrected chi connectivity index (χ4v) is 2.83. The molecule has 0 spiro atoms. The molecule has 26 heavy (non-hydrogen) atoms. The van der Waals surface area contributed by atoms with Gasteiger partial charge in [0.1, 0.15) is 0 Å². The second kappa shape index (κ2) is 7.45. The summed E-state index contributed by atoms with van der Waals surface area (Å²) in [6.07, 6.45) is 0. The topological polar surface area (TPSA) is 98.7 Å². The Morgan fingerprint density at radius 1 is 1.15 bits per heavy atom. The van der Waals surface area contributed by atoms with Gasteiger partial charge in [0.25, 0.3) is 5.91 Å². The maximum atomic E-state index is 12.4. The number of hydrogen-bond acceptors (Lipinski definition) is 3. The van der Waals surface area contributed by atoms with Gasteiger partial charge in [-0.25, -0.2) is 9.59 Å². The summed E-state index contributed by atoms with van der Waals surface area (Å²) in [6, 6.07) is 10.8. The average molecular weight is 374 g/mol. The Hall–Kier alpha value is -3.06. The van der Waals surface area contributed by atoms with Crippen molar-refractivity contribution in [1.29, 1.82) is 0 Å². The van der Waals surface area contributed by atoms with Crippen LogP contribution < -0.4 is 15.5 Å². The number of carboxylic acid groups (broad SMARTS) is 1. The number of amides is 3. The minimum Gasteiger partial charge on any atom is -0.478 e. The summed E-state index contributed by atoms with van der Waals surface area (Å²) in [4.78, 5) is 36.5. The first-order valence-electron chi connectivity index (χ1n) is 7.91. The smallest absolute Gasteiger partial charge is 0.335 e. The molecular formula is C18H16ClN3O4. The van der Waals surface area contributed by atoms with Gasteiger partial charge in [0.2, 0.25) is 0 Å². The minimum absolute atomic E-state index is 0.186. The Balaban J connectivity index is 1.69. The van der Waals surface area contributed by atoms with E-state index in [2.05, 4.69) is 10.6 Å². The fraction of sp³-hybridized carbons (Fsp3) is 0.167. The molecule has 3 N–H and O–H groups in total. The Morgan fingerprint density at radius 3 is 2.46 bits per heavy atom. The van der Waals surface area contributed by atoms with Crippen molar-refractivity contribution in [2.45, 2.75) is 6.54 Å². The second-order valence-electron chi connectivity index (χ2n) is 5.73. The lowest BCUT2D eigenvalue weighted by Crippen LogP contribution is -2.28. The van der Waals surface area contributed by atoms with Gasteiger partial charge in [0.05, 0.1) is 16.3 Å². The molecule has 1 heterocycles. The number of benzene rings is 2. The normalized spacial score (nSPS) is 13.4. The number of nitrogens with zero attached hydrogens (tertiary/aromatic N) is 1. The summed E-state index contributed by atoms with van der Waals surface area (Å²) in [5, 5.41) is 14.7. The summed E-state index contributed by atoms with van der Waals surface area (Å²) < 4.78 is 0. The van der Waals surface area contributed by atoms with E-state index in [1.807, 2.05) is 0 Å². The van der Waals surface area contributed by atoms with E-state index >= 15 is 0 Å². The van der Waals surface area contributed by atoms with Crippen LogP contribution in [-0.4, -0.2) is 36.1 Å². The van der Waals surface area contributed by atoms with E-state index in [1.165, 1.54) is 17.0 Å². The van der Waals surface area contributed by atoms with Crippen LogP contribution in [0.4, 0.5) is 10.5 Å². The summed E-state index contributed by atoms with van der Waals surface area (Å²) in [7, 11) is 0. The van der Waals surface area contributed by atoms with E-state index < -0.39 is 5.97 Å². The van der Waals surface area contributed by atoms with Crippen LogP contribution in [0.25, 0.3) is 0 Å². The summed E-state index contributed by atoms with van der Waals surface area (Å²) in [5.74, 6) is -1.31. The molecule has 0 radical (unpaired) electrons. The third-order valence-corrected chi connectivity index (χ3v) is 4.33. The van der Waals surface area contributed by atoms with Crippen LogP contribution in [-0.2, 0) is 6.54 Å². The van der Waals surface area contributed by atoms with Gasteiger partial charge < -0.3 is 15.7 Å². The molecular weight excluding hydrogens is 358 g/mol. The highest BCUT2D eigenvalue weighted by molar-refractivity contribution is 6.34. The van der Waals surface area contributed by atoms with Crippen LogP contribution in [0.2, 0.25) is 5.02 Å². The highest BCUT2D eigenvalue weighted by atomic mass is 35.5. The van der Waals surface area contributed by atoms with E-state index in [9.17, 15) is 14.4 Å². The first kappa shape index (κ1) is 17.8. The van der Waals surface area contributed by atoms with Crippen LogP contribution >= 0.6 is 11.6 Å². The number of halogens is 1. The van der Waals surface area contributed by atoms with E-state index in [0.29, 0.717) is 29.4 Å². The summed E-state index contributed by atoms with van der Waals surface area (Å²) >= 11 is 6.16. The number of aromatic carboxylic acids is 1. The van der Waals surface area contributed by atoms with Crippen LogP contribution in [0.1, 0.15) is 26.3 Å². The highest BCUT2D eigenvalue weighted by Gasteiger charge is 2.24. The molecule has 3 amide bonds. The first-order valence-corrected chi connectivity index (χ1v) is 8.29. The quantitative estimate of drug-likeness (QED) is 0.749. The van der Waals surface area contributed by atoms with Crippen LogP contribution in [0.5, 0.6) is 0 Å². The van der Waals surface area contributed by atoms with Crippen molar-refractivity contribution >= 4 is 35.2 Å². The Labute approximate surface area is 154 Å². The predicted octanol–water partition coefficient (Wildman–Crippen LogP) is 2.50. The SMILES string of the molecule is O=C(O)c1ccc(CNC(=O)c2ccc(Cl)c(N3CCNC3=O)c2)cc1. The zero-order valence-electron chi connectivity index (χ0n) is 13.7. The van der Waals surface area contributed by atoms with Gasteiger partial charge in [-0.3, -0.25) is 9.69 Å². The second-order valence-corrected chi connectivity index (χ2v) is 6.14. The molecule has 2 aromatic rings. The lowest BCUT2D eigenvalue weighted by Gasteiger charge is -2.17. The first-order chi connectivity index (χ1) is 12.5. The molecule has 1 aliphatic rings. The monoisotopic (exact) mass is 373 g/mol. The Bertz CT molecular complexity index is 867. The highest BCUT2D eigenvalue weighted by Crippen LogP contribution is 2.28. The maximum absolute atomic E-state index is 12.4. The van der Waals surface area contributed by atoms with Crippen molar-refractivity contribution in [2.75, 3.05) is 18.0 Å². The molecule has 1 aliphatic heterocycles. The van der Waals surface area contributed by atoms with Crippen LogP contribution in [0.15, 0.2) is 42.5 Å². The minimum atomic E-state index is -1.000. The van der Waals surface area contributed by atoms with Crippen molar-refractivity contribution in [1.82, 2.24) is 10.6 Å². The van der Waals surface area contributed by atoms with Crippen molar-refractivity contribution in [3.63, 3.8) is 0 Å². The summed E-state index contributed by atoms with van der Waals surface area (Å²) in [6.45, 7) is 1.26. The molecule has 0 aromatic heterocycles. The predicted molar refractivity (Wildman–Crippen MR) is 96.8 cm³/mol. The van der Waals surface area contributed by atoms with Gasteiger partial charge in [-0.2, -0.15) is 0 Å². The Kier molecular flexibility index (Phi) is 5.09. The number of hydrogen-bond donors (Lipinski definition) is 3. The molecule has 134 valence electrons. The molecule has 0 atom stereocenters. The Morgan fingerprint density at radius 2 is 1.85 bits per heavy atom. The number of carboxylic acids is 1. The van der Waals surface area contributed by atoms with Crippen molar-refractivity contribution in [3.8, 4) is 0 Å². The summed E-state index contributed by atoms with van der Waals surface area (Å²) in [5.41, 5.74) is 1.83. The fourth-order valence-electron chi connectivity index (χ4n) is 2.61. The lowest BCUT2D eigenvalue weighted by atomic mass is 10.1. The molecule has 0 bridgehead atoms. The van der Waals surface area contributed by atoms with Gasteiger partial charge in [-0.15, -0.1) is 0 Å². The van der Waals surface area contributed by atoms with Gasteiger partial charge in [-0.1, -0.05) is 23.7 Å². The standard InChI is InChI=1S/C18H16ClN3O4/c19-14-6-5-13(9-15(14)22-8-7-20-18(22)26)16(23)21-10-11-1-3-12(4-2-11)17(24)25/h1-6,9H,7-8,10H2,(H,20,26)(H,21,23)(H,24,25). The van der Waals surface area contributed by atoms with E-state index in [-0.39, 0.29) is 24.0 Å². The molecule has 0 unspecified atom stereocenters. The van der Waals surface area contributed by atoms with Crippen molar-refractivity contribution in [2.24, 2.45) is 0 Å². The van der Waals surface area contributed by atoms with E-state index in [1.54, 1.807) is 30.3 Å². The number of carbonyl (C=O) groups excluding carboxylic acids is 2. The molecule has 0 saturated carbocycles. The molecule has 1 saturated heterocycles. The zero-order chi connectivity index (χ0) is 18.7. The number of rotatable bonds is 5. The van der Waals surface area contributed by atoms with Gasteiger partial charge >= 0.3 is 12.0 Å². The third-order valence-electron chi connectivity index (χ3n) is 4.01. The molecule has 0 aliphatic carbocycles. The molecule has 7 nitrogen and oxygen atoms in total. The molecule has 2 aromatic carbocycles. The number of nitrogens with one attached hydrogen (secondary N) is 2. The number of carbonyl (C=O) groups is 3. The molecule has 8 heteroatoms. The van der Waals surface area contributed by atoms with Crippen LogP contribution in [0.3, 0.4) is 0 Å². The maximum Gasteiger partial charge on any atom is 0.335 e. The third kappa shape index (κ3) is 3.78. The van der Waals surface area contributed by atoms with Gasteiger partial charge in [-0.05, 0) is 35.9 Å². The lowest BCUT2D eigenvalue weighted by molar-refractivity contribution is 0.0696. The van der Waals surface area contributed by atoms with Gasteiger partial charge in [0, 0.05) is 25.2 Å². The molecule has 3 rings (SSSR count). The van der Waals surface area contributed by atoms with Gasteiger partial charge in [0.15, 0.2) is 0 Å². The largest absolute Gasteiger partial charge is 0.478 e.